The van der Waals surface area contributed by atoms with Crippen LogP contribution in [0.1, 0.15) is 83.5 Å². The summed E-state index contributed by atoms with van der Waals surface area (Å²) in [6.07, 6.45) is 12.1. The van der Waals surface area contributed by atoms with E-state index in [4.69, 9.17) is 14.2 Å². The molecule has 11 N–H and O–H groups in total. The van der Waals surface area contributed by atoms with E-state index in [9.17, 15) is 71.9 Å². The first-order valence-corrected chi connectivity index (χ1v) is 35.2. The molecule has 0 atom stereocenters. The Kier molecular flexibility index (Phi) is 245. The van der Waals surface area contributed by atoms with Crippen molar-refractivity contribution >= 4 is 87.5 Å². The van der Waals surface area contributed by atoms with Gasteiger partial charge in [0.05, 0.1) is 49.8 Å². The Balaban J connectivity index is -0.0000000361. The van der Waals surface area contributed by atoms with E-state index in [0.29, 0.717) is 118 Å². The van der Waals surface area contributed by atoms with Gasteiger partial charge >= 0.3 is 0 Å². The summed E-state index contributed by atoms with van der Waals surface area (Å²) in [4.78, 5) is 157. The van der Waals surface area contributed by atoms with Gasteiger partial charge in [0.1, 0.15) is 23.6 Å². The number of Topliss-reactive ketones (excluding diaryl/α,β-unsaturated/α-hetero) is 9. The van der Waals surface area contributed by atoms with E-state index in [1.807, 2.05) is 0 Å². The molecule has 47 heteroatoms. The Bertz CT molecular complexity index is 2540. The van der Waals surface area contributed by atoms with Crippen LogP contribution in [-0.4, -0.2) is 225 Å². The molecule has 752 valence electrons. The monoisotopic (exact) mass is 4880 g/mol. The maximum Gasteiger partial charge on any atom is 0.134 e. The third-order valence-electron chi connectivity index (χ3n) is 11.5. The number of allylic oxidation sites excluding steroid dienone is 3. The zero-order valence-corrected chi connectivity index (χ0v) is 127. The molecule has 0 aliphatic heterocycles. The first-order valence-electron chi connectivity index (χ1n) is 35.2. The minimum Gasteiger partial charge on any atom is -0.459 e. The molecule has 130 heavy (non-hydrogen) atoms. The van der Waals surface area contributed by atoms with Crippen LogP contribution in [0.4, 0.5) is 0 Å². The predicted molar refractivity (Wildman–Crippen MR) is 445 cm³/mol. The SMILES string of the molecule is C=C(NCCCNC(=O)C([CH2-])=O)C([CH2-])=O.C=C([CH2-])C(=O)NCCNC(=O)C([CH2-])=O.C=C([CH2-])C(=O)NCCNC([CH2-])=O.C=C([CH2-])CCCCCC([CH2-])=O.C=C([CH2-])CCCCCCC([CH2-])=O.C=C([CH2-])CNCCNCC([CH2-])=O.C=C([CH2-])COCCNCC([CH2-])=O.C=C([CH2-])COCCOCC([CH2-])=O.[CH2-]C(=O)CNCCCNC([CH2-])=O.[W].[W].[W].[W].[W].[W].[W].[W].[W].[W].[W].[W].[W].[W].[W].[W].[W].[W]. The van der Waals surface area contributed by atoms with Crippen molar-refractivity contribution in [3.8, 4) is 0 Å². The summed E-state index contributed by atoms with van der Waals surface area (Å²) >= 11 is 0. The minimum atomic E-state index is -0.808. The topological polar surface area (TPSA) is 416 Å². The minimum absolute atomic E-state index is 0. The number of ether oxygens (including phenoxy) is 3. The Morgan fingerprint density at radius 1 is 0.208 bits per heavy atom. The molecular weight excluding hydrogens is 4750 g/mol. The second kappa shape index (κ2) is 156. The van der Waals surface area contributed by atoms with Crippen LogP contribution in [0.3, 0.4) is 0 Å². The molecule has 0 heterocycles. The average molecular weight is 4880 g/mol. The van der Waals surface area contributed by atoms with Crippen LogP contribution in [0, 0.1) is 125 Å². The molecule has 0 aliphatic rings. The molecule has 0 aromatic carbocycles. The van der Waals surface area contributed by atoms with E-state index in [2.05, 4.69) is 236 Å². The van der Waals surface area contributed by atoms with Gasteiger partial charge in [-0.05, 0) is 63.2 Å². The smallest absolute Gasteiger partial charge is 0.134 e. The van der Waals surface area contributed by atoms with Crippen molar-refractivity contribution in [2.24, 2.45) is 0 Å². The van der Waals surface area contributed by atoms with Gasteiger partial charge in [-0.3, -0.25) is 0 Å². The molecule has 0 fully saturated rings. The molecular formula is C83H131N11O18W18-18. The molecule has 0 saturated carbocycles. The summed E-state index contributed by atoms with van der Waals surface area (Å²) in [5, 5.41) is 29.0. The van der Waals surface area contributed by atoms with Gasteiger partial charge in [-0.25, -0.2) is 84.2 Å². The van der Waals surface area contributed by atoms with Crippen molar-refractivity contribution in [3.05, 3.63) is 222 Å². The third kappa shape index (κ3) is 230. The molecule has 0 aromatic rings. The molecule has 0 unspecified atom stereocenters. The maximum atomic E-state index is 10.9. The van der Waals surface area contributed by atoms with E-state index >= 15 is 0 Å². The van der Waals surface area contributed by atoms with Crippen molar-refractivity contribution in [3.63, 3.8) is 0 Å². The van der Waals surface area contributed by atoms with Crippen molar-refractivity contribution in [2.75, 3.05) is 138 Å². The van der Waals surface area contributed by atoms with Crippen LogP contribution in [0.2, 0.25) is 0 Å². The van der Waals surface area contributed by atoms with Crippen LogP contribution in [-0.2, 0) is 465 Å². The Morgan fingerprint density at radius 2 is 0.469 bits per heavy atom. The molecule has 0 bridgehead atoms. The number of ketones is 9. The van der Waals surface area contributed by atoms with E-state index in [1.54, 1.807) is 0 Å². The molecule has 0 saturated heterocycles. The molecule has 0 radical (unpaired) electrons. The van der Waals surface area contributed by atoms with E-state index in [-0.39, 0.29) is 480 Å². The van der Waals surface area contributed by atoms with Gasteiger partial charge in [0, 0.05) is 506 Å². The number of carbonyl (C=O) groups is 15. The van der Waals surface area contributed by atoms with Gasteiger partial charge in [-0.2, -0.15) is 65.5 Å². The van der Waals surface area contributed by atoms with Crippen molar-refractivity contribution in [1.82, 2.24) is 58.5 Å². The number of rotatable bonds is 56. The zero-order chi connectivity index (χ0) is 88.2. The van der Waals surface area contributed by atoms with Gasteiger partial charge in [0.25, 0.3) is 0 Å². The number of unbranched alkanes of at least 4 members (excludes halogenated alkanes) is 5. The molecule has 0 aliphatic carbocycles. The summed E-state index contributed by atoms with van der Waals surface area (Å²) in [5.41, 5.74) is 4.90. The van der Waals surface area contributed by atoms with Gasteiger partial charge in [-0.15, -0.1) is 11.1 Å². The summed E-state index contributed by atoms with van der Waals surface area (Å²) in [6, 6.07) is 0. The number of amides is 6. The summed E-state index contributed by atoms with van der Waals surface area (Å²) in [6.45, 7) is 97.3. The van der Waals surface area contributed by atoms with E-state index < -0.39 is 23.4 Å². The number of hydrogen-bond acceptors (Lipinski definition) is 23. The fourth-order valence-electron chi connectivity index (χ4n) is 6.18. The number of nitrogens with one attached hydrogen (secondary N) is 11. The Hall–Kier alpha value is 1.34. The summed E-state index contributed by atoms with van der Waals surface area (Å²) in [7, 11) is 0. The van der Waals surface area contributed by atoms with Crippen LogP contribution >= 0.6 is 0 Å². The van der Waals surface area contributed by atoms with Crippen LogP contribution in [0.15, 0.2) is 97.3 Å². The number of hydrogen-bond donors (Lipinski definition) is 11. The molecule has 0 aromatic heterocycles. The molecule has 6 amide bonds. The van der Waals surface area contributed by atoms with Crippen molar-refractivity contribution in [1.29, 1.82) is 0 Å². The summed E-state index contributed by atoms with van der Waals surface area (Å²) in [5.74, 6) is -5.22. The number of carbonyl (C=O) groups excluding carboxylic acids is 15. The first kappa shape index (κ1) is 205. The Labute approximate surface area is 1040 Å². The van der Waals surface area contributed by atoms with Gasteiger partial charge < -0.3 is 200 Å². The molecule has 0 rings (SSSR count). The van der Waals surface area contributed by atoms with Gasteiger partial charge in [-0.1, -0.05) is 50.6 Å². The third-order valence-corrected chi connectivity index (χ3v) is 11.5. The first-order chi connectivity index (χ1) is 52.2. The molecule has 0 spiro atoms. The van der Waals surface area contributed by atoms with E-state index in [1.165, 1.54) is 6.42 Å². The van der Waals surface area contributed by atoms with Crippen LogP contribution in [0.25, 0.3) is 0 Å². The zero-order valence-electron chi connectivity index (χ0n) is 74.1. The van der Waals surface area contributed by atoms with Crippen LogP contribution < -0.4 is 58.5 Å². The predicted octanol–water partition coefficient (Wildman–Crippen LogP) is 4.14. The fraction of sp³-hybridized carbons (Fsp3) is 0.410. The normalized spacial score (nSPS) is 8.03. The van der Waals surface area contributed by atoms with Crippen LogP contribution in [0.5, 0.6) is 0 Å². The average Bonchev–Trinajstić information content (AvgIpc) is 1.00. The molecule has 29 nitrogen and oxygen atoms in total. The second-order valence-corrected chi connectivity index (χ2v) is 23.6. The Morgan fingerprint density at radius 3 is 0.762 bits per heavy atom. The van der Waals surface area contributed by atoms with E-state index in [0.717, 1.165) is 105 Å². The maximum absolute atomic E-state index is 10.9. The standard InChI is InChI=1S/C11H18O.C10H14N2O3.C10H16O.C9H12N2O3.C9H16N2O.C9H15NO2.C9H14O3.C8H12N2O2.C8H14N2O2.18W/c1-10(2)8-6-4-5-7-9-11(3)12;1-7(8(2)13)11-5-4-6-12-10(15)9(3)14;1-9(2)7-5-4-6-8-10(3)11;1-6(2)8(13)10-4-5-11-9(14)7(3)12;1-8(2)6-10-4-5-11-7-9(3)12;1-8(2)7-12-5-4-10-6-9(3)11;1-8(2)6-11-4-5-12-7-9(3)10;1-6(2)8(12)10-5-4-9-7(3)11;1-7(11)6-9-4-3-5-10-8(2)12;;;;;;;;;;;;;;;;;;/h1-9H2;11H,1-6H2,(H,12,15);1-8H2;1-5H2,(H,10,13)(H,11,14);10-11H,1-7H2;10H,1-7H2;1-7H2;1-5H2,(H,9,11)(H,10,12);9H,1-6H2,(H,10,12);;;;;;;;;;;;;;;;;;/q9*-2;;;;;;;;;;;;;;;;;;. The summed E-state index contributed by atoms with van der Waals surface area (Å²) < 4.78 is 15.1. The largest absolute Gasteiger partial charge is 0.459 e. The van der Waals surface area contributed by atoms with Gasteiger partial charge in [0.2, 0.25) is 0 Å². The van der Waals surface area contributed by atoms with Crippen molar-refractivity contribution in [2.45, 2.75) is 83.5 Å². The quantitative estimate of drug-likeness (QED) is 0.0176. The fourth-order valence-corrected chi connectivity index (χ4v) is 6.18. The van der Waals surface area contributed by atoms with Crippen molar-refractivity contribution < 1.29 is 465 Å². The second-order valence-electron chi connectivity index (χ2n) is 23.6. The van der Waals surface area contributed by atoms with Gasteiger partial charge in [0.15, 0.2) is 0 Å².